The number of amides is 1. The van der Waals surface area contributed by atoms with Gasteiger partial charge in [0.05, 0.1) is 11.9 Å². The highest BCUT2D eigenvalue weighted by Crippen LogP contribution is 2.39. The molecule has 2 aliphatic rings. The molecule has 1 aromatic heterocycles. The van der Waals surface area contributed by atoms with Gasteiger partial charge in [0.25, 0.3) is 0 Å². The van der Waals surface area contributed by atoms with Crippen LogP contribution in [0, 0.1) is 5.92 Å². The third-order valence-electron chi connectivity index (χ3n) is 3.85. The van der Waals surface area contributed by atoms with Gasteiger partial charge in [0, 0.05) is 5.92 Å². The number of nitrogens with one attached hydrogen (secondary N) is 1. The Labute approximate surface area is 118 Å². The predicted octanol–water partition coefficient (Wildman–Crippen LogP) is 1.80. The van der Waals surface area contributed by atoms with Gasteiger partial charge in [-0.3, -0.25) is 4.79 Å². The van der Waals surface area contributed by atoms with Crippen LogP contribution in [0.15, 0.2) is 10.6 Å². The minimum atomic E-state index is -3.60. The van der Waals surface area contributed by atoms with Crippen molar-refractivity contribution in [3.05, 3.63) is 17.8 Å². The van der Waals surface area contributed by atoms with E-state index in [1.54, 1.807) is 0 Å². The Hall–Kier alpha value is -1.37. The highest BCUT2D eigenvalue weighted by atomic mass is 32.2. The maximum atomic E-state index is 11.9. The second-order valence-electron chi connectivity index (χ2n) is 5.70. The summed E-state index contributed by atoms with van der Waals surface area (Å²) in [5, 5.41) is 0. The Bertz CT molecular complexity index is 598. The number of rotatable bonds is 5. The van der Waals surface area contributed by atoms with Crippen LogP contribution in [0.4, 0.5) is 0 Å². The average Bonchev–Trinajstić information content (AvgIpc) is 2.90. The van der Waals surface area contributed by atoms with Crippen LogP contribution in [0.3, 0.4) is 0 Å². The lowest BCUT2D eigenvalue weighted by Gasteiger charge is -2.09. The van der Waals surface area contributed by atoms with E-state index in [-0.39, 0.29) is 17.4 Å². The molecule has 2 saturated carbocycles. The average molecular weight is 298 g/mol. The van der Waals surface area contributed by atoms with E-state index in [0.29, 0.717) is 11.8 Å². The second-order valence-corrected chi connectivity index (χ2v) is 7.47. The summed E-state index contributed by atoms with van der Waals surface area (Å²) >= 11 is 0. The minimum absolute atomic E-state index is 0.0162. The third-order valence-corrected chi connectivity index (χ3v) is 5.26. The first kappa shape index (κ1) is 13.6. The van der Waals surface area contributed by atoms with Crippen molar-refractivity contribution in [2.75, 3.05) is 5.75 Å². The van der Waals surface area contributed by atoms with E-state index in [9.17, 15) is 13.2 Å². The maximum Gasteiger partial charge on any atom is 0.302 e. The molecule has 0 aromatic carbocycles. The molecule has 3 rings (SSSR count). The number of sulfonamides is 1. The minimum Gasteiger partial charge on any atom is -0.435 e. The Kier molecular flexibility index (Phi) is 3.54. The summed E-state index contributed by atoms with van der Waals surface area (Å²) in [7, 11) is -3.60. The fourth-order valence-electron chi connectivity index (χ4n) is 2.63. The summed E-state index contributed by atoms with van der Waals surface area (Å²) in [5.41, 5.74) is 0. The molecule has 7 heteroatoms. The molecule has 0 atom stereocenters. The molecule has 0 aliphatic heterocycles. The van der Waals surface area contributed by atoms with Crippen molar-refractivity contribution < 1.29 is 17.6 Å². The molecule has 0 bridgehead atoms. The lowest BCUT2D eigenvalue weighted by molar-refractivity contribution is 0.0952. The normalized spacial score (nSPS) is 20.2. The van der Waals surface area contributed by atoms with Crippen molar-refractivity contribution in [2.45, 2.75) is 44.4 Å². The zero-order valence-corrected chi connectivity index (χ0v) is 12.0. The zero-order valence-electron chi connectivity index (χ0n) is 11.2. The lowest BCUT2D eigenvalue weighted by atomic mass is 10.1. The number of hydrogen-bond acceptors (Lipinski definition) is 5. The lowest BCUT2D eigenvalue weighted by Crippen LogP contribution is -2.34. The van der Waals surface area contributed by atoms with Gasteiger partial charge >= 0.3 is 5.91 Å². The van der Waals surface area contributed by atoms with Crippen LogP contribution in [0.1, 0.15) is 60.9 Å². The summed E-state index contributed by atoms with van der Waals surface area (Å²) in [6.45, 7) is 0. The number of hydrogen-bond donors (Lipinski definition) is 1. The van der Waals surface area contributed by atoms with Crippen LogP contribution in [0.2, 0.25) is 0 Å². The molecule has 1 heterocycles. The fourth-order valence-corrected chi connectivity index (χ4v) is 4.05. The van der Waals surface area contributed by atoms with Gasteiger partial charge in [0.15, 0.2) is 5.89 Å². The molecule has 0 spiro atoms. The van der Waals surface area contributed by atoms with Crippen LogP contribution in [0.25, 0.3) is 0 Å². The Morgan fingerprint density at radius 3 is 2.65 bits per heavy atom. The molecule has 20 heavy (non-hydrogen) atoms. The van der Waals surface area contributed by atoms with Gasteiger partial charge in [0.2, 0.25) is 15.8 Å². The highest BCUT2D eigenvalue weighted by molar-refractivity contribution is 7.90. The molecule has 1 amide bonds. The predicted molar refractivity (Wildman–Crippen MR) is 71.7 cm³/mol. The number of carbonyl (C=O) groups is 1. The van der Waals surface area contributed by atoms with E-state index in [1.165, 1.54) is 6.20 Å². The Balaban J connectivity index is 1.61. The molecule has 0 saturated heterocycles. The number of carbonyl (C=O) groups excluding carboxylic acids is 1. The summed E-state index contributed by atoms with van der Waals surface area (Å²) in [4.78, 5) is 15.9. The van der Waals surface area contributed by atoms with Crippen LogP contribution in [0.5, 0.6) is 0 Å². The van der Waals surface area contributed by atoms with E-state index in [0.717, 1.165) is 38.5 Å². The molecular formula is C13H18N2O4S. The quantitative estimate of drug-likeness (QED) is 0.895. The van der Waals surface area contributed by atoms with Gasteiger partial charge in [-0.25, -0.2) is 18.1 Å². The Morgan fingerprint density at radius 1 is 1.30 bits per heavy atom. The fraction of sp³-hybridized carbons (Fsp3) is 0.692. The molecule has 6 nitrogen and oxygen atoms in total. The van der Waals surface area contributed by atoms with Gasteiger partial charge in [0.1, 0.15) is 0 Å². The van der Waals surface area contributed by atoms with Gasteiger partial charge in [-0.05, 0) is 31.6 Å². The molecule has 0 unspecified atom stereocenters. The van der Waals surface area contributed by atoms with Crippen molar-refractivity contribution in [1.82, 2.24) is 9.71 Å². The van der Waals surface area contributed by atoms with Gasteiger partial charge < -0.3 is 4.42 Å². The zero-order chi connectivity index (χ0) is 14.2. The van der Waals surface area contributed by atoms with Gasteiger partial charge in [-0.1, -0.05) is 12.8 Å². The summed E-state index contributed by atoms with van der Waals surface area (Å²) in [6, 6.07) is 0. The topological polar surface area (TPSA) is 89.3 Å². The van der Waals surface area contributed by atoms with Crippen molar-refractivity contribution in [2.24, 2.45) is 5.92 Å². The SMILES string of the molecule is O=C(NS(=O)(=O)CC1CCCC1)c1cnc(C2CC2)o1. The molecule has 1 N–H and O–H groups in total. The molecule has 0 radical (unpaired) electrons. The monoisotopic (exact) mass is 298 g/mol. The molecular weight excluding hydrogens is 280 g/mol. The first-order valence-electron chi connectivity index (χ1n) is 7.04. The molecule has 2 aliphatic carbocycles. The van der Waals surface area contributed by atoms with Crippen LogP contribution in [-0.4, -0.2) is 25.1 Å². The van der Waals surface area contributed by atoms with E-state index in [2.05, 4.69) is 9.71 Å². The standard InChI is InChI=1S/C13H18N2O4S/c16-12(11-7-14-13(19-11)10-5-6-10)15-20(17,18)8-9-3-1-2-4-9/h7,9-10H,1-6,8H2,(H,15,16). The van der Waals surface area contributed by atoms with Crippen molar-refractivity contribution >= 4 is 15.9 Å². The first-order chi connectivity index (χ1) is 9.53. The summed E-state index contributed by atoms with van der Waals surface area (Å²) < 4.78 is 31.2. The van der Waals surface area contributed by atoms with E-state index >= 15 is 0 Å². The molecule has 1 aromatic rings. The summed E-state index contributed by atoms with van der Waals surface area (Å²) in [5.74, 6) is 0.263. The highest BCUT2D eigenvalue weighted by Gasteiger charge is 2.30. The van der Waals surface area contributed by atoms with Crippen molar-refractivity contribution in [3.63, 3.8) is 0 Å². The van der Waals surface area contributed by atoms with Crippen molar-refractivity contribution in [3.8, 4) is 0 Å². The van der Waals surface area contributed by atoms with Crippen molar-refractivity contribution in [1.29, 1.82) is 0 Å². The Morgan fingerprint density at radius 2 is 2.00 bits per heavy atom. The van der Waals surface area contributed by atoms with E-state index in [4.69, 9.17) is 4.42 Å². The van der Waals surface area contributed by atoms with Crippen LogP contribution in [-0.2, 0) is 10.0 Å². The van der Waals surface area contributed by atoms with E-state index in [1.807, 2.05) is 0 Å². The summed E-state index contributed by atoms with van der Waals surface area (Å²) in [6.07, 6.45) is 7.31. The maximum absolute atomic E-state index is 11.9. The largest absolute Gasteiger partial charge is 0.435 e. The van der Waals surface area contributed by atoms with Crippen LogP contribution >= 0.6 is 0 Å². The second kappa shape index (κ2) is 5.20. The number of aromatic nitrogens is 1. The van der Waals surface area contributed by atoms with Gasteiger partial charge in [-0.2, -0.15) is 0 Å². The molecule has 2 fully saturated rings. The van der Waals surface area contributed by atoms with Crippen LogP contribution < -0.4 is 4.72 Å². The van der Waals surface area contributed by atoms with E-state index < -0.39 is 15.9 Å². The van der Waals surface area contributed by atoms with Gasteiger partial charge in [-0.15, -0.1) is 0 Å². The first-order valence-corrected chi connectivity index (χ1v) is 8.69. The third kappa shape index (κ3) is 3.20. The number of nitrogens with zero attached hydrogens (tertiary/aromatic N) is 1. The molecule has 110 valence electrons. The number of oxazole rings is 1. The smallest absolute Gasteiger partial charge is 0.302 e.